The second-order valence-corrected chi connectivity index (χ2v) is 12.8. The summed E-state index contributed by atoms with van der Waals surface area (Å²) in [5.41, 5.74) is -0.450. The maximum absolute atomic E-state index is 13.2. The number of nitrogens with zero attached hydrogens (tertiary/aromatic N) is 2. The van der Waals surface area contributed by atoms with Crippen LogP contribution < -0.4 is 15.4 Å². The minimum atomic E-state index is -3.64. The van der Waals surface area contributed by atoms with Gasteiger partial charge in [0.2, 0.25) is 5.91 Å². The highest BCUT2D eigenvalue weighted by Crippen LogP contribution is 2.33. The standard InChI is InChI=1S/C26H38N4O5S/c1-26(2,3)23(25(32)30-16-14-28-15-17-30)35-20-8-10-21(11-9-20)36(33,34)18-19-6-4-5-7-22(19)24(31)29-13-12-27/h8-11,19,22-23,28H,4-7,13-18H2,1-3H3,(H,29,31)/t19-,22+,23?/m0/s1. The molecular weight excluding hydrogens is 480 g/mol. The Morgan fingerprint density at radius 1 is 1.17 bits per heavy atom. The number of rotatable bonds is 8. The molecule has 2 aliphatic rings. The van der Waals surface area contributed by atoms with Gasteiger partial charge in [0.25, 0.3) is 5.91 Å². The van der Waals surface area contributed by atoms with Gasteiger partial charge in [-0.15, -0.1) is 0 Å². The molecule has 10 heteroatoms. The summed E-state index contributed by atoms with van der Waals surface area (Å²) < 4.78 is 32.5. The monoisotopic (exact) mass is 518 g/mol. The summed E-state index contributed by atoms with van der Waals surface area (Å²) in [7, 11) is -3.64. The lowest BCUT2D eigenvalue weighted by Crippen LogP contribution is -2.54. The van der Waals surface area contributed by atoms with Crippen LogP contribution in [0.4, 0.5) is 0 Å². The van der Waals surface area contributed by atoms with E-state index in [0.717, 1.165) is 25.9 Å². The van der Waals surface area contributed by atoms with Crippen molar-refractivity contribution in [1.29, 1.82) is 5.26 Å². The Bertz CT molecular complexity index is 1050. The van der Waals surface area contributed by atoms with Crippen LogP contribution in [0.2, 0.25) is 0 Å². The van der Waals surface area contributed by atoms with Gasteiger partial charge in [0, 0.05) is 37.5 Å². The largest absolute Gasteiger partial charge is 0.480 e. The first-order chi connectivity index (χ1) is 17.0. The van der Waals surface area contributed by atoms with Gasteiger partial charge < -0.3 is 20.3 Å². The highest BCUT2D eigenvalue weighted by atomic mass is 32.2. The molecule has 1 aromatic carbocycles. The zero-order chi connectivity index (χ0) is 26.3. The number of nitriles is 1. The lowest BCUT2D eigenvalue weighted by atomic mass is 9.80. The van der Waals surface area contributed by atoms with E-state index in [2.05, 4.69) is 10.6 Å². The molecule has 198 valence electrons. The van der Waals surface area contributed by atoms with Crippen molar-refractivity contribution < 1.29 is 22.7 Å². The Morgan fingerprint density at radius 2 is 1.81 bits per heavy atom. The Labute approximate surface area is 214 Å². The van der Waals surface area contributed by atoms with E-state index in [9.17, 15) is 18.0 Å². The minimum Gasteiger partial charge on any atom is -0.480 e. The van der Waals surface area contributed by atoms with Gasteiger partial charge in [0.15, 0.2) is 15.9 Å². The molecule has 9 nitrogen and oxygen atoms in total. The lowest BCUT2D eigenvalue weighted by Gasteiger charge is -2.36. The number of carbonyl (C=O) groups is 2. The van der Waals surface area contributed by atoms with E-state index < -0.39 is 27.3 Å². The quantitative estimate of drug-likeness (QED) is 0.505. The molecular formula is C26H38N4O5S. The molecule has 0 radical (unpaired) electrons. The fourth-order valence-corrected chi connectivity index (χ4v) is 6.60. The first-order valence-corrected chi connectivity index (χ1v) is 14.3. The van der Waals surface area contributed by atoms with Crippen molar-refractivity contribution in [2.45, 2.75) is 57.5 Å². The number of amides is 2. The van der Waals surface area contributed by atoms with E-state index in [1.165, 1.54) is 12.1 Å². The Hall–Kier alpha value is -2.64. The molecule has 2 N–H and O–H groups in total. The number of ether oxygens (including phenoxy) is 1. The summed E-state index contributed by atoms with van der Waals surface area (Å²) >= 11 is 0. The smallest absolute Gasteiger partial charge is 0.264 e. The van der Waals surface area contributed by atoms with Crippen molar-refractivity contribution in [3.63, 3.8) is 0 Å². The second kappa shape index (κ2) is 12.1. The number of benzene rings is 1. The first kappa shape index (κ1) is 27.9. The summed E-state index contributed by atoms with van der Waals surface area (Å²) in [5.74, 6) is -0.706. The third-order valence-electron chi connectivity index (χ3n) is 6.90. The molecule has 1 aliphatic heterocycles. The molecule has 1 saturated heterocycles. The summed E-state index contributed by atoms with van der Waals surface area (Å²) in [4.78, 5) is 27.6. The number of piperazine rings is 1. The van der Waals surface area contributed by atoms with Crippen LogP contribution in [0.15, 0.2) is 29.2 Å². The zero-order valence-corrected chi connectivity index (χ0v) is 22.3. The van der Waals surface area contributed by atoms with E-state index in [4.69, 9.17) is 10.00 Å². The number of hydrogen-bond donors (Lipinski definition) is 2. The van der Waals surface area contributed by atoms with Crippen LogP contribution in [0.25, 0.3) is 0 Å². The van der Waals surface area contributed by atoms with E-state index in [0.29, 0.717) is 31.7 Å². The van der Waals surface area contributed by atoms with Crippen LogP contribution in [-0.4, -0.2) is 69.7 Å². The topological polar surface area (TPSA) is 129 Å². The maximum atomic E-state index is 13.2. The average Bonchev–Trinajstić information content (AvgIpc) is 2.85. The molecule has 1 aliphatic carbocycles. The molecule has 1 saturated carbocycles. The summed E-state index contributed by atoms with van der Waals surface area (Å²) in [6.07, 6.45) is 2.33. The predicted octanol–water partition coefficient (Wildman–Crippen LogP) is 2.13. The average molecular weight is 519 g/mol. The van der Waals surface area contributed by atoms with Crippen molar-refractivity contribution in [2.24, 2.45) is 17.3 Å². The Balaban J connectivity index is 1.70. The lowest BCUT2D eigenvalue weighted by molar-refractivity contribution is -0.144. The molecule has 1 aromatic rings. The Morgan fingerprint density at radius 3 is 2.42 bits per heavy atom. The highest BCUT2D eigenvalue weighted by molar-refractivity contribution is 7.91. The van der Waals surface area contributed by atoms with Gasteiger partial charge in [-0.3, -0.25) is 9.59 Å². The predicted molar refractivity (Wildman–Crippen MR) is 136 cm³/mol. The summed E-state index contributed by atoms with van der Waals surface area (Å²) in [6.45, 7) is 8.51. The van der Waals surface area contributed by atoms with Crippen molar-refractivity contribution in [2.75, 3.05) is 38.5 Å². The zero-order valence-electron chi connectivity index (χ0n) is 21.5. The molecule has 2 fully saturated rings. The molecule has 2 amide bonds. The molecule has 36 heavy (non-hydrogen) atoms. The normalized spacial score (nSPS) is 21.8. The van der Waals surface area contributed by atoms with Crippen molar-refractivity contribution >= 4 is 21.7 Å². The van der Waals surface area contributed by atoms with Crippen molar-refractivity contribution in [3.05, 3.63) is 24.3 Å². The van der Waals surface area contributed by atoms with Gasteiger partial charge in [0.1, 0.15) is 12.3 Å². The summed E-state index contributed by atoms with van der Waals surface area (Å²) in [5, 5.41) is 14.6. The molecule has 3 atom stereocenters. The van der Waals surface area contributed by atoms with Crippen molar-refractivity contribution in [1.82, 2.24) is 15.5 Å². The third kappa shape index (κ3) is 7.20. The molecule has 0 spiro atoms. The van der Waals surface area contributed by atoms with Gasteiger partial charge in [-0.05, 0) is 43.0 Å². The van der Waals surface area contributed by atoms with Crippen LogP contribution in [-0.2, 0) is 19.4 Å². The molecule has 1 unspecified atom stereocenters. The van der Waals surface area contributed by atoms with E-state index >= 15 is 0 Å². The number of carbonyl (C=O) groups excluding carboxylic acids is 2. The van der Waals surface area contributed by atoms with Crippen LogP contribution >= 0.6 is 0 Å². The molecule has 0 bridgehead atoms. The van der Waals surface area contributed by atoms with Crippen LogP contribution in [0.1, 0.15) is 46.5 Å². The van der Waals surface area contributed by atoms with Crippen LogP contribution in [0, 0.1) is 28.6 Å². The van der Waals surface area contributed by atoms with Gasteiger partial charge >= 0.3 is 0 Å². The number of nitrogens with one attached hydrogen (secondary N) is 2. The van der Waals surface area contributed by atoms with Gasteiger partial charge in [0.05, 0.1) is 16.7 Å². The van der Waals surface area contributed by atoms with Crippen molar-refractivity contribution in [3.8, 4) is 11.8 Å². The van der Waals surface area contributed by atoms with Crippen LogP contribution in [0.5, 0.6) is 5.75 Å². The van der Waals surface area contributed by atoms with Gasteiger partial charge in [-0.25, -0.2) is 8.42 Å². The minimum absolute atomic E-state index is 0.0706. The summed E-state index contributed by atoms with van der Waals surface area (Å²) in [6, 6.07) is 8.09. The third-order valence-corrected chi connectivity index (χ3v) is 8.75. The van der Waals surface area contributed by atoms with E-state index in [1.54, 1.807) is 17.0 Å². The molecule has 3 rings (SSSR count). The molecule has 1 heterocycles. The fourth-order valence-electron chi connectivity index (χ4n) is 4.90. The van der Waals surface area contributed by atoms with E-state index in [-0.39, 0.29) is 34.9 Å². The SMILES string of the molecule is CC(C)(C)C(Oc1ccc(S(=O)(=O)C[C@@H]2CCCC[C@H]2C(=O)NCC#N)cc1)C(=O)N1CCNCC1. The van der Waals surface area contributed by atoms with Crippen LogP contribution in [0.3, 0.4) is 0 Å². The maximum Gasteiger partial charge on any atom is 0.264 e. The fraction of sp³-hybridized carbons (Fsp3) is 0.654. The molecule has 0 aromatic heterocycles. The first-order valence-electron chi connectivity index (χ1n) is 12.7. The van der Waals surface area contributed by atoms with Gasteiger partial charge in [-0.2, -0.15) is 5.26 Å². The Kier molecular flexibility index (Phi) is 9.36. The number of sulfone groups is 1. The van der Waals surface area contributed by atoms with E-state index in [1.807, 2.05) is 26.8 Å². The highest BCUT2D eigenvalue weighted by Gasteiger charge is 2.37. The second-order valence-electron chi connectivity index (χ2n) is 10.7. The van der Waals surface area contributed by atoms with Gasteiger partial charge in [-0.1, -0.05) is 33.6 Å². The number of hydrogen-bond acceptors (Lipinski definition) is 7.